The summed E-state index contributed by atoms with van der Waals surface area (Å²) in [6, 6.07) is 11.7. The van der Waals surface area contributed by atoms with E-state index in [1.807, 2.05) is 54.2 Å². The molecule has 0 bridgehead atoms. The Kier molecular flexibility index (Phi) is 13.7. The number of nitrogens with zero attached hydrogens (tertiary/aromatic N) is 4. The highest BCUT2D eigenvalue weighted by atomic mass is 19.4. The molecule has 1 amide bonds. The molecule has 12 nitrogen and oxygen atoms in total. The molecule has 0 saturated carbocycles. The number of carboxylic acid groups (broad SMARTS) is 2. The maximum absolute atomic E-state index is 12.6. The minimum atomic E-state index is -5.08. The normalized spacial score (nSPS) is 13.4. The third-order valence-corrected chi connectivity index (χ3v) is 5.78. The second kappa shape index (κ2) is 17.0. The van der Waals surface area contributed by atoms with Crippen molar-refractivity contribution in [3.63, 3.8) is 0 Å². The standard InChI is InChI=1S/C23H28N6O2.2C2HF3O2/c1-28-17-18(19-15-25-23(26-16-19)27-20-6-3-2-4-7-20)14-21(28)22(30)24-8-5-9-29-10-12-31-13-11-29;2*3-2(4,5)1(6)7/h2-4,6-7,14-17H,5,8-13H2,1H3,(H,24,30)(H,25,26,27);2*(H,6,7). The molecule has 45 heavy (non-hydrogen) atoms. The van der Waals surface area contributed by atoms with Gasteiger partial charge < -0.3 is 30.2 Å². The van der Waals surface area contributed by atoms with Crippen LogP contribution in [0.25, 0.3) is 11.1 Å². The molecule has 1 saturated heterocycles. The third-order valence-electron chi connectivity index (χ3n) is 5.78. The first-order chi connectivity index (χ1) is 21.1. The van der Waals surface area contributed by atoms with Crippen molar-refractivity contribution in [3.05, 3.63) is 60.7 Å². The minimum Gasteiger partial charge on any atom is -0.475 e. The van der Waals surface area contributed by atoms with Gasteiger partial charge in [0.1, 0.15) is 5.69 Å². The van der Waals surface area contributed by atoms with Gasteiger partial charge in [-0.1, -0.05) is 18.2 Å². The Hall–Kier alpha value is -4.71. The van der Waals surface area contributed by atoms with Crippen LogP contribution in [0.2, 0.25) is 0 Å². The first kappa shape index (κ1) is 36.5. The molecule has 246 valence electrons. The van der Waals surface area contributed by atoms with Crippen molar-refractivity contribution in [1.29, 1.82) is 0 Å². The predicted molar refractivity (Wildman–Crippen MR) is 148 cm³/mol. The van der Waals surface area contributed by atoms with E-state index in [0.717, 1.165) is 56.1 Å². The van der Waals surface area contributed by atoms with Gasteiger partial charge in [-0.3, -0.25) is 9.69 Å². The van der Waals surface area contributed by atoms with E-state index >= 15 is 0 Å². The van der Waals surface area contributed by atoms with Crippen LogP contribution < -0.4 is 10.6 Å². The largest absolute Gasteiger partial charge is 0.490 e. The zero-order valence-corrected chi connectivity index (χ0v) is 23.7. The summed E-state index contributed by atoms with van der Waals surface area (Å²) >= 11 is 0. The summed E-state index contributed by atoms with van der Waals surface area (Å²) in [4.78, 5) is 41.6. The third kappa shape index (κ3) is 13.2. The first-order valence-corrected chi connectivity index (χ1v) is 13.1. The second-order valence-corrected chi connectivity index (χ2v) is 9.18. The quantitative estimate of drug-likeness (QED) is 0.208. The van der Waals surface area contributed by atoms with E-state index in [9.17, 15) is 31.1 Å². The topological polar surface area (TPSA) is 159 Å². The summed E-state index contributed by atoms with van der Waals surface area (Å²) in [5.74, 6) is -5.05. The Morgan fingerprint density at radius 1 is 0.911 bits per heavy atom. The number of carbonyl (C=O) groups excluding carboxylic acids is 1. The summed E-state index contributed by atoms with van der Waals surface area (Å²) in [5.41, 5.74) is 3.32. The lowest BCUT2D eigenvalue weighted by atomic mass is 10.2. The molecule has 2 aromatic heterocycles. The van der Waals surface area contributed by atoms with Crippen molar-refractivity contribution in [2.24, 2.45) is 7.05 Å². The van der Waals surface area contributed by atoms with E-state index in [0.29, 0.717) is 18.2 Å². The average molecular weight is 649 g/mol. The molecular weight excluding hydrogens is 618 g/mol. The van der Waals surface area contributed by atoms with Gasteiger partial charge in [0.15, 0.2) is 0 Å². The van der Waals surface area contributed by atoms with E-state index < -0.39 is 24.3 Å². The van der Waals surface area contributed by atoms with Crippen LogP contribution in [0.3, 0.4) is 0 Å². The Balaban J connectivity index is 0.000000421. The predicted octanol–water partition coefficient (Wildman–Crippen LogP) is 3.94. The van der Waals surface area contributed by atoms with Crippen LogP contribution in [-0.4, -0.2) is 99.2 Å². The first-order valence-electron chi connectivity index (χ1n) is 13.1. The number of morpholine rings is 1. The molecule has 0 spiro atoms. The Morgan fingerprint density at radius 2 is 1.44 bits per heavy atom. The molecule has 18 heteroatoms. The van der Waals surface area contributed by atoms with Gasteiger partial charge in [0.05, 0.1) is 13.2 Å². The molecule has 4 N–H and O–H groups in total. The Morgan fingerprint density at radius 3 is 1.96 bits per heavy atom. The van der Waals surface area contributed by atoms with Gasteiger partial charge in [-0.25, -0.2) is 19.6 Å². The average Bonchev–Trinajstić information content (AvgIpc) is 3.38. The summed E-state index contributed by atoms with van der Waals surface area (Å²) in [6.07, 6.45) is -3.80. The fourth-order valence-electron chi connectivity index (χ4n) is 3.56. The molecule has 0 radical (unpaired) electrons. The highest BCUT2D eigenvalue weighted by molar-refractivity contribution is 5.94. The highest BCUT2D eigenvalue weighted by Gasteiger charge is 2.38. The van der Waals surface area contributed by atoms with Crippen molar-refractivity contribution in [2.75, 3.05) is 44.7 Å². The lowest BCUT2D eigenvalue weighted by Gasteiger charge is -2.26. The maximum Gasteiger partial charge on any atom is 0.490 e. The van der Waals surface area contributed by atoms with Crippen LogP contribution in [0.1, 0.15) is 16.9 Å². The van der Waals surface area contributed by atoms with E-state index in [-0.39, 0.29) is 5.91 Å². The number of hydrogen-bond donors (Lipinski definition) is 4. The minimum absolute atomic E-state index is 0.0704. The number of ether oxygens (including phenoxy) is 1. The second-order valence-electron chi connectivity index (χ2n) is 9.18. The lowest BCUT2D eigenvalue weighted by Crippen LogP contribution is -2.38. The number of carbonyl (C=O) groups is 3. The number of para-hydroxylation sites is 1. The van der Waals surface area contributed by atoms with Crippen LogP contribution in [0.4, 0.5) is 38.0 Å². The van der Waals surface area contributed by atoms with Crippen molar-refractivity contribution >= 4 is 29.5 Å². The van der Waals surface area contributed by atoms with Crippen molar-refractivity contribution in [2.45, 2.75) is 18.8 Å². The van der Waals surface area contributed by atoms with Crippen molar-refractivity contribution in [3.8, 4) is 11.1 Å². The number of nitrogens with one attached hydrogen (secondary N) is 2. The highest BCUT2D eigenvalue weighted by Crippen LogP contribution is 2.22. The Labute approximate surface area is 252 Å². The fraction of sp³-hybridized carbons (Fsp3) is 0.370. The molecule has 0 unspecified atom stereocenters. The van der Waals surface area contributed by atoms with Crippen LogP contribution >= 0.6 is 0 Å². The van der Waals surface area contributed by atoms with Crippen molar-refractivity contribution < 1.29 is 55.7 Å². The van der Waals surface area contributed by atoms with Gasteiger partial charge in [0.2, 0.25) is 5.95 Å². The van der Waals surface area contributed by atoms with Gasteiger partial charge >= 0.3 is 24.3 Å². The lowest BCUT2D eigenvalue weighted by molar-refractivity contribution is -0.193. The van der Waals surface area contributed by atoms with Gasteiger partial charge in [-0.15, -0.1) is 0 Å². The number of aromatic nitrogens is 3. The van der Waals surface area contributed by atoms with Crippen molar-refractivity contribution in [1.82, 2.24) is 24.8 Å². The zero-order chi connectivity index (χ0) is 33.6. The summed E-state index contributed by atoms with van der Waals surface area (Å²) < 4.78 is 70.7. The van der Waals surface area contributed by atoms with Gasteiger partial charge in [-0.2, -0.15) is 26.3 Å². The summed E-state index contributed by atoms with van der Waals surface area (Å²) in [5, 5.41) is 20.4. The molecule has 1 aliphatic heterocycles. The number of amides is 1. The molecule has 0 aliphatic carbocycles. The fourth-order valence-corrected chi connectivity index (χ4v) is 3.56. The summed E-state index contributed by atoms with van der Waals surface area (Å²) in [6.45, 7) is 5.16. The van der Waals surface area contributed by atoms with Gasteiger partial charge in [0, 0.05) is 62.1 Å². The summed E-state index contributed by atoms with van der Waals surface area (Å²) in [7, 11) is 1.87. The van der Waals surface area contributed by atoms with E-state index in [1.165, 1.54) is 0 Å². The number of hydrogen-bond acceptors (Lipinski definition) is 8. The number of carboxylic acids is 2. The number of rotatable bonds is 8. The molecule has 4 rings (SSSR count). The van der Waals surface area contributed by atoms with Crippen LogP contribution in [0.5, 0.6) is 0 Å². The molecular formula is C27H30F6N6O6. The van der Waals surface area contributed by atoms with Gasteiger partial charge in [-0.05, 0) is 31.2 Å². The number of anilines is 2. The zero-order valence-electron chi connectivity index (χ0n) is 23.7. The van der Waals surface area contributed by atoms with E-state index in [1.54, 1.807) is 12.4 Å². The Bertz CT molecular complexity index is 1350. The monoisotopic (exact) mass is 648 g/mol. The van der Waals surface area contributed by atoms with E-state index in [4.69, 9.17) is 24.5 Å². The molecule has 3 aromatic rings. The molecule has 3 heterocycles. The molecule has 0 atom stereocenters. The smallest absolute Gasteiger partial charge is 0.475 e. The SMILES string of the molecule is Cn1cc(-c2cnc(Nc3ccccc3)nc2)cc1C(=O)NCCCN1CCOCC1.O=C(O)C(F)(F)F.O=C(O)C(F)(F)F. The number of benzene rings is 1. The van der Waals surface area contributed by atoms with E-state index in [2.05, 4.69) is 25.5 Å². The van der Waals surface area contributed by atoms with Gasteiger partial charge in [0.25, 0.3) is 5.91 Å². The van der Waals surface area contributed by atoms with Crippen LogP contribution in [0, 0.1) is 0 Å². The molecule has 1 aliphatic rings. The number of aliphatic carboxylic acids is 2. The maximum atomic E-state index is 12.6. The van der Waals surface area contributed by atoms with Crippen LogP contribution in [0.15, 0.2) is 55.0 Å². The molecule has 1 aromatic carbocycles. The number of alkyl halides is 6. The number of halogens is 6. The molecule has 1 fully saturated rings. The van der Waals surface area contributed by atoms with Crippen LogP contribution in [-0.2, 0) is 21.4 Å². The number of aryl methyl sites for hydroxylation is 1.